The topological polar surface area (TPSA) is 41.9 Å². The molecule has 192 valence electrons. The van der Waals surface area contributed by atoms with E-state index in [1.165, 1.54) is 16.7 Å². The average molecular weight is 525 g/mol. The lowest BCUT2D eigenvalue weighted by molar-refractivity contribution is 1.06. The highest BCUT2D eigenvalue weighted by atomic mass is 15.3. The number of benzene rings is 5. The molecule has 0 N–H and O–H groups in total. The molecule has 0 radical (unpaired) electrons. The van der Waals surface area contributed by atoms with Crippen molar-refractivity contribution in [1.29, 1.82) is 0 Å². The lowest BCUT2D eigenvalue weighted by atomic mass is 9.90. The second-order valence-corrected chi connectivity index (χ2v) is 10.1. The zero-order chi connectivity index (χ0) is 27.2. The molecule has 4 heteroatoms. The highest BCUT2D eigenvalue weighted by molar-refractivity contribution is 6.13. The van der Waals surface area contributed by atoms with Crippen molar-refractivity contribution in [3.8, 4) is 44.8 Å². The third-order valence-electron chi connectivity index (χ3n) is 7.65. The first-order chi connectivity index (χ1) is 20.3. The number of hydrogen-bond donors (Lipinski definition) is 0. The second-order valence-electron chi connectivity index (χ2n) is 10.1. The van der Waals surface area contributed by atoms with Gasteiger partial charge in [-0.25, -0.2) is 15.0 Å². The van der Waals surface area contributed by atoms with Crippen molar-refractivity contribution in [2.75, 3.05) is 4.90 Å². The fourth-order valence-corrected chi connectivity index (χ4v) is 5.74. The number of fused-ring (bicyclic) bond motifs is 2. The third kappa shape index (κ3) is 3.97. The van der Waals surface area contributed by atoms with Gasteiger partial charge in [-0.05, 0) is 52.4 Å². The second kappa shape index (κ2) is 9.54. The molecular weight excluding hydrogens is 500 g/mol. The maximum Gasteiger partial charge on any atom is 0.237 e. The van der Waals surface area contributed by atoms with Crippen LogP contribution < -0.4 is 4.90 Å². The minimum atomic E-state index is 0.593. The molecule has 41 heavy (non-hydrogen) atoms. The molecule has 1 aliphatic heterocycles. The van der Waals surface area contributed by atoms with Gasteiger partial charge < -0.3 is 0 Å². The summed E-state index contributed by atoms with van der Waals surface area (Å²) < 4.78 is 0. The van der Waals surface area contributed by atoms with E-state index in [1.54, 1.807) is 0 Å². The highest BCUT2D eigenvalue weighted by Gasteiger charge is 2.29. The molecular formula is C37H24N4. The molecule has 1 aliphatic rings. The molecule has 0 spiro atoms. The number of nitrogens with zero attached hydrogens (tertiary/aromatic N) is 4. The molecule has 0 bridgehead atoms. The molecule has 0 saturated carbocycles. The van der Waals surface area contributed by atoms with Crippen molar-refractivity contribution in [3.63, 3.8) is 0 Å². The largest absolute Gasteiger partial charge is 0.262 e. The normalized spacial score (nSPS) is 11.9. The Balaban J connectivity index is 1.41. The summed E-state index contributed by atoms with van der Waals surface area (Å²) in [5.74, 6) is 1.43. The molecule has 0 amide bonds. The van der Waals surface area contributed by atoms with E-state index in [2.05, 4.69) is 108 Å². The van der Waals surface area contributed by atoms with Crippen LogP contribution in [-0.2, 0) is 0 Å². The molecule has 0 atom stereocenters. The number of anilines is 3. The summed E-state index contributed by atoms with van der Waals surface area (Å²) in [6, 6.07) is 48.3. The van der Waals surface area contributed by atoms with Crippen LogP contribution in [0.5, 0.6) is 0 Å². The molecule has 4 nitrogen and oxygen atoms in total. The minimum absolute atomic E-state index is 0.593. The van der Waals surface area contributed by atoms with Crippen molar-refractivity contribution >= 4 is 28.2 Å². The monoisotopic (exact) mass is 524 g/mol. The van der Waals surface area contributed by atoms with Crippen LogP contribution in [0.15, 0.2) is 146 Å². The SMILES string of the molecule is c1ccc(-c2cc3c4c(nccc4c2)N(c2nc(-c4ccccc4)cc(-c4ccccc4)n2)c2ccccc2-3)cc1. The molecule has 0 saturated heterocycles. The van der Waals surface area contributed by atoms with Crippen LogP contribution in [0.25, 0.3) is 55.5 Å². The van der Waals surface area contributed by atoms with Crippen LogP contribution in [0, 0.1) is 0 Å². The molecule has 0 aliphatic carbocycles. The van der Waals surface area contributed by atoms with E-state index in [9.17, 15) is 0 Å². The van der Waals surface area contributed by atoms with E-state index in [0.29, 0.717) is 5.95 Å². The first-order valence-corrected chi connectivity index (χ1v) is 13.7. The molecule has 8 rings (SSSR count). The van der Waals surface area contributed by atoms with Gasteiger partial charge in [-0.1, -0.05) is 109 Å². The third-order valence-corrected chi connectivity index (χ3v) is 7.65. The van der Waals surface area contributed by atoms with Crippen LogP contribution in [0.4, 0.5) is 17.5 Å². The lowest BCUT2D eigenvalue weighted by Gasteiger charge is -2.31. The van der Waals surface area contributed by atoms with Crippen LogP contribution in [0.1, 0.15) is 0 Å². The Hall–Kier alpha value is -5.61. The maximum atomic E-state index is 5.15. The van der Waals surface area contributed by atoms with E-state index in [-0.39, 0.29) is 0 Å². The van der Waals surface area contributed by atoms with Gasteiger partial charge in [0.1, 0.15) is 5.82 Å². The van der Waals surface area contributed by atoms with Gasteiger partial charge in [0.2, 0.25) is 5.95 Å². The fraction of sp³-hybridized carbons (Fsp3) is 0. The Bertz CT molecular complexity index is 1980. The number of rotatable bonds is 4. The summed E-state index contributed by atoms with van der Waals surface area (Å²) in [6.45, 7) is 0. The van der Waals surface area contributed by atoms with Crippen molar-refractivity contribution in [2.24, 2.45) is 0 Å². The number of hydrogen-bond acceptors (Lipinski definition) is 4. The Morgan fingerprint density at radius 1 is 0.463 bits per heavy atom. The van der Waals surface area contributed by atoms with Crippen molar-refractivity contribution < 1.29 is 0 Å². The van der Waals surface area contributed by atoms with E-state index in [4.69, 9.17) is 15.0 Å². The fourth-order valence-electron chi connectivity index (χ4n) is 5.74. The average Bonchev–Trinajstić information content (AvgIpc) is 3.06. The molecule has 7 aromatic rings. The van der Waals surface area contributed by atoms with E-state index >= 15 is 0 Å². The Kier molecular flexibility index (Phi) is 5.42. The summed E-state index contributed by atoms with van der Waals surface area (Å²) in [5.41, 5.74) is 9.49. The number of para-hydroxylation sites is 1. The predicted octanol–water partition coefficient (Wildman–Crippen LogP) is 9.48. The van der Waals surface area contributed by atoms with Gasteiger partial charge in [-0.2, -0.15) is 0 Å². The Morgan fingerprint density at radius 3 is 1.71 bits per heavy atom. The van der Waals surface area contributed by atoms with Crippen LogP contribution in [-0.4, -0.2) is 15.0 Å². The summed E-state index contributed by atoms with van der Waals surface area (Å²) in [5, 5.41) is 2.23. The molecule has 0 unspecified atom stereocenters. The van der Waals surface area contributed by atoms with Crippen LogP contribution in [0.3, 0.4) is 0 Å². The summed E-state index contributed by atoms with van der Waals surface area (Å²) in [7, 11) is 0. The standard InChI is InChI=1S/C37H24N4/c1-4-12-25(13-5-1)29-22-28-20-21-38-36-35(28)31(23-29)30-18-10-11-19-34(30)41(36)37-39-32(26-14-6-2-7-15-26)24-33(40-37)27-16-8-3-9-17-27/h1-24H. The van der Waals surface area contributed by atoms with Gasteiger partial charge in [-0.3, -0.25) is 4.90 Å². The Morgan fingerprint density at radius 2 is 1.05 bits per heavy atom. The molecule has 0 fully saturated rings. The summed E-state index contributed by atoms with van der Waals surface area (Å²) in [6.07, 6.45) is 1.89. The van der Waals surface area contributed by atoms with E-state index in [0.717, 1.165) is 50.4 Å². The first-order valence-electron chi connectivity index (χ1n) is 13.7. The predicted molar refractivity (Wildman–Crippen MR) is 167 cm³/mol. The molecule has 2 aromatic heterocycles. The van der Waals surface area contributed by atoms with Gasteiger partial charge in [0.15, 0.2) is 0 Å². The van der Waals surface area contributed by atoms with Crippen LogP contribution in [0.2, 0.25) is 0 Å². The van der Waals surface area contributed by atoms with Crippen molar-refractivity contribution in [2.45, 2.75) is 0 Å². The van der Waals surface area contributed by atoms with E-state index < -0.39 is 0 Å². The number of aromatic nitrogens is 3. The quantitative estimate of drug-likeness (QED) is 0.230. The maximum absolute atomic E-state index is 5.15. The van der Waals surface area contributed by atoms with E-state index in [1.807, 2.05) is 42.6 Å². The smallest absolute Gasteiger partial charge is 0.237 e. The van der Waals surface area contributed by atoms with Crippen molar-refractivity contribution in [1.82, 2.24) is 15.0 Å². The van der Waals surface area contributed by atoms with Gasteiger partial charge in [-0.15, -0.1) is 0 Å². The minimum Gasteiger partial charge on any atom is -0.262 e. The van der Waals surface area contributed by atoms with Gasteiger partial charge in [0, 0.05) is 28.3 Å². The van der Waals surface area contributed by atoms with Crippen LogP contribution >= 0.6 is 0 Å². The number of pyridine rings is 1. The van der Waals surface area contributed by atoms with Gasteiger partial charge in [0.25, 0.3) is 0 Å². The van der Waals surface area contributed by atoms with Gasteiger partial charge >= 0.3 is 0 Å². The highest BCUT2D eigenvalue weighted by Crippen LogP contribution is 2.50. The molecule has 5 aromatic carbocycles. The Labute approximate surface area is 238 Å². The zero-order valence-electron chi connectivity index (χ0n) is 22.1. The summed E-state index contributed by atoms with van der Waals surface area (Å²) in [4.78, 5) is 17.4. The summed E-state index contributed by atoms with van der Waals surface area (Å²) >= 11 is 0. The molecule has 3 heterocycles. The van der Waals surface area contributed by atoms with Gasteiger partial charge in [0.05, 0.1) is 17.1 Å². The van der Waals surface area contributed by atoms with Crippen molar-refractivity contribution in [3.05, 3.63) is 146 Å². The lowest BCUT2D eigenvalue weighted by Crippen LogP contribution is -2.19. The zero-order valence-corrected chi connectivity index (χ0v) is 22.1. The first kappa shape index (κ1) is 23.3.